The second kappa shape index (κ2) is 8.22. The molecule has 1 aliphatic heterocycles. The number of aromatic nitrogens is 3. The van der Waals surface area contributed by atoms with Crippen LogP contribution >= 0.6 is 0 Å². The number of piperidine rings is 1. The molecule has 1 amide bonds. The van der Waals surface area contributed by atoms with Crippen molar-refractivity contribution in [3.05, 3.63) is 84.3 Å². The van der Waals surface area contributed by atoms with E-state index < -0.39 is 0 Å². The molecule has 31 heavy (non-hydrogen) atoms. The number of carbonyl (C=O) groups is 1. The van der Waals surface area contributed by atoms with E-state index in [1.165, 1.54) is 0 Å². The van der Waals surface area contributed by atoms with Crippen molar-refractivity contribution < 1.29 is 9.53 Å². The van der Waals surface area contributed by atoms with Gasteiger partial charge in [-0.1, -0.05) is 42.5 Å². The lowest BCUT2D eigenvalue weighted by molar-refractivity contribution is 0.0707. The first-order chi connectivity index (χ1) is 15.2. The minimum Gasteiger partial charge on any atom is -0.496 e. The summed E-state index contributed by atoms with van der Waals surface area (Å²) in [4.78, 5) is 19.6. The standard InChI is InChI=1S/C25H24N4O2/c1-31-22-10-6-5-9-21(22)25(30)28-15-13-19(14-16-28)24-26-23-12-11-20(17-29(23)27-24)18-7-3-2-4-8-18/h2-12,17,19H,13-16H2,1H3. The second-order valence-electron chi connectivity index (χ2n) is 7.82. The van der Waals surface area contributed by atoms with Crippen LogP contribution < -0.4 is 4.74 Å². The molecule has 0 spiro atoms. The molecule has 3 heterocycles. The molecule has 1 saturated heterocycles. The van der Waals surface area contributed by atoms with Crippen molar-refractivity contribution in [2.24, 2.45) is 0 Å². The molecule has 1 aliphatic rings. The van der Waals surface area contributed by atoms with E-state index >= 15 is 0 Å². The molecule has 0 bridgehead atoms. The first kappa shape index (κ1) is 19.3. The third kappa shape index (κ3) is 3.77. The lowest BCUT2D eigenvalue weighted by atomic mass is 9.95. The smallest absolute Gasteiger partial charge is 0.257 e. The van der Waals surface area contributed by atoms with E-state index in [2.05, 4.69) is 18.2 Å². The van der Waals surface area contributed by atoms with Gasteiger partial charge in [-0.2, -0.15) is 5.10 Å². The van der Waals surface area contributed by atoms with Crippen molar-refractivity contribution in [2.45, 2.75) is 18.8 Å². The Balaban J connectivity index is 1.31. The zero-order valence-corrected chi connectivity index (χ0v) is 17.4. The van der Waals surface area contributed by atoms with Gasteiger partial charge in [0, 0.05) is 30.8 Å². The minimum absolute atomic E-state index is 0.0198. The summed E-state index contributed by atoms with van der Waals surface area (Å²) in [5, 5.41) is 4.76. The molecule has 0 aliphatic carbocycles. The fourth-order valence-electron chi connectivity index (χ4n) is 4.21. The summed E-state index contributed by atoms with van der Waals surface area (Å²) in [5.41, 5.74) is 3.73. The summed E-state index contributed by atoms with van der Waals surface area (Å²) in [6, 6.07) is 21.7. The Labute approximate surface area is 181 Å². The minimum atomic E-state index is 0.0198. The summed E-state index contributed by atoms with van der Waals surface area (Å²) >= 11 is 0. The number of nitrogens with zero attached hydrogens (tertiary/aromatic N) is 4. The molecular weight excluding hydrogens is 388 g/mol. The molecule has 0 N–H and O–H groups in total. The number of methoxy groups -OCH3 is 1. The summed E-state index contributed by atoms with van der Waals surface area (Å²) < 4.78 is 7.22. The summed E-state index contributed by atoms with van der Waals surface area (Å²) in [6.45, 7) is 1.37. The monoisotopic (exact) mass is 412 g/mol. The van der Waals surface area contributed by atoms with Crippen LogP contribution in [0.1, 0.15) is 34.9 Å². The highest BCUT2D eigenvalue weighted by molar-refractivity contribution is 5.97. The Bertz CT molecular complexity index is 1210. The summed E-state index contributed by atoms with van der Waals surface area (Å²) in [7, 11) is 1.59. The maximum atomic E-state index is 12.9. The number of likely N-dealkylation sites (tertiary alicyclic amines) is 1. The van der Waals surface area contributed by atoms with Gasteiger partial charge in [-0.3, -0.25) is 4.79 Å². The highest BCUT2D eigenvalue weighted by Crippen LogP contribution is 2.29. The Morgan fingerprint density at radius 2 is 1.68 bits per heavy atom. The number of fused-ring (bicyclic) bond motifs is 1. The molecular formula is C25H24N4O2. The van der Waals surface area contributed by atoms with Crippen molar-refractivity contribution in [3.63, 3.8) is 0 Å². The van der Waals surface area contributed by atoms with Crippen LogP contribution in [0.5, 0.6) is 5.75 Å². The van der Waals surface area contributed by atoms with Crippen LogP contribution in [0.2, 0.25) is 0 Å². The van der Waals surface area contributed by atoms with Gasteiger partial charge in [-0.25, -0.2) is 9.50 Å². The molecule has 6 heteroatoms. The number of carbonyl (C=O) groups excluding carboxylic acids is 1. The Kier molecular flexibility index (Phi) is 5.12. The zero-order chi connectivity index (χ0) is 21.2. The van der Waals surface area contributed by atoms with E-state index in [0.29, 0.717) is 24.4 Å². The molecule has 0 saturated carbocycles. The van der Waals surface area contributed by atoms with Crippen molar-refractivity contribution in [1.82, 2.24) is 19.5 Å². The second-order valence-corrected chi connectivity index (χ2v) is 7.82. The predicted octanol–water partition coefficient (Wildman–Crippen LogP) is 4.42. The molecule has 0 radical (unpaired) electrons. The number of amides is 1. The average Bonchev–Trinajstić information content (AvgIpc) is 3.28. The molecule has 156 valence electrons. The zero-order valence-electron chi connectivity index (χ0n) is 17.4. The van der Waals surface area contributed by atoms with Gasteiger partial charge in [0.25, 0.3) is 5.91 Å². The van der Waals surface area contributed by atoms with Gasteiger partial charge in [0.2, 0.25) is 0 Å². The van der Waals surface area contributed by atoms with Crippen LogP contribution in [0.3, 0.4) is 0 Å². The van der Waals surface area contributed by atoms with Gasteiger partial charge in [-0.15, -0.1) is 0 Å². The van der Waals surface area contributed by atoms with E-state index in [1.807, 2.05) is 64.1 Å². The van der Waals surface area contributed by atoms with Crippen LogP contribution in [0, 0.1) is 0 Å². The summed E-state index contributed by atoms with van der Waals surface area (Å²) in [5.74, 6) is 1.74. The van der Waals surface area contributed by atoms with Gasteiger partial charge < -0.3 is 9.64 Å². The quantitative estimate of drug-likeness (QED) is 0.498. The predicted molar refractivity (Wildman–Crippen MR) is 119 cm³/mol. The highest BCUT2D eigenvalue weighted by Gasteiger charge is 2.28. The fraction of sp³-hybridized carbons (Fsp3) is 0.240. The van der Waals surface area contributed by atoms with E-state index in [1.54, 1.807) is 7.11 Å². The van der Waals surface area contributed by atoms with Gasteiger partial charge in [0.1, 0.15) is 5.75 Å². The van der Waals surface area contributed by atoms with Crippen molar-refractivity contribution in [1.29, 1.82) is 0 Å². The Morgan fingerprint density at radius 3 is 2.45 bits per heavy atom. The van der Waals surface area contributed by atoms with E-state index in [0.717, 1.165) is 35.4 Å². The normalized spacial score (nSPS) is 14.7. The maximum Gasteiger partial charge on any atom is 0.257 e. The number of rotatable bonds is 4. The number of hydrogen-bond acceptors (Lipinski definition) is 4. The molecule has 2 aromatic carbocycles. The van der Waals surface area contributed by atoms with E-state index in [4.69, 9.17) is 14.8 Å². The third-order valence-electron chi connectivity index (χ3n) is 5.94. The molecule has 1 fully saturated rings. The van der Waals surface area contributed by atoms with E-state index in [-0.39, 0.29) is 11.8 Å². The molecule has 6 nitrogen and oxygen atoms in total. The summed E-state index contributed by atoms with van der Waals surface area (Å²) in [6.07, 6.45) is 3.73. The van der Waals surface area contributed by atoms with Crippen molar-refractivity contribution in [3.8, 4) is 16.9 Å². The van der Waals surface area contributed by atoms with Crippen LogP contribution in [0.25, 0.3) is 16.8 Å². The highest BCUT2D eigenvalue weighted by atomic mass is 16.5. The van der Waals surface area contributed by atoms with Gasteiger partial charge in [0.15, 0.2) is 11.5 Å². The molecule has 0 atom stereocenters. The number of hydrogen-bond donors (Lipinski definition) is 0. The fourth-order valence-corrected chi connectivity index (χ4v) is 4.21. The number of ether oxygens (including phenoxy) is 1. The van der Waals surface area contributed by atoms with Crippen molar-refractivity contribution in [2.75, 3.05) is 20.2 Å². The third-order valence-corrected chi connectivity index (χ3v) is 5.94. The first-order valence-corrected chi connectivity index (χ1v) is 10.6. The van der Waals surface area contributed by atoms with Crippen LogP contribution in [0.4, 0.5) is 0 Å². The molecule has 4 aromatic rings. The van der Waals surface area contributed by atoms with Crippen LogP contribution in [0.15, 0.2) is 72.9 Å². The number of pyridine rings is 1. The topological polar surface area (TPSA) is 59.7 Å². The van der Waals surface area contributed by atoms with Gasteiger partial charge in [0.05, 0.1) is 12.7 Å². The molecule has 5 rings (SSSR count). The van der Waals surface area contributed by atoms with Crippen LogP contribution in [-0.4, -0.2) is 45.6 Å². The number of para-hydroxylation sites is 1. The maximum absolute atomic E-state index is 12.9. The van der Waals surface area contributed by atoms with Gasteiger partial charge >= 0.3 is 0 Å². The largest absolute Gasteiger partial charge is 0.496 e. The SMILES string of the molecule is COc1ccccc1C(=O)N1CCC(c2nc3ccc(-c4ccccc4)cn3n2)CC1. The Hall–Kier alpha value is -3.67. The first-order valence-electron chi connectivity index (χ1n) is 10.6. The average molecular weight is 412 g/mol. The lowest BCUT2D eigenvalue weighted by Crippen LogP contribution is -2.38. The Morgan fingerprint density at radius 1 is 0.935 bits per heavy atom. The van der Waals surface area contributed by atoms with E-state index in [9.17, 15) is 4.79 Å². The lowest BCUT2D eigenvalue weighted by Gasteiger charge is -2.31. The van der Waals surface area contributed by atoms with Crippen LogP contribution in [-0.2, 0) is 0 Å². The van der Waals surface area contributed by atoms with Gasteiger partial charge in [-0.05, 0) is 42.7 Å². The molecule has 0 unspecified atom stereocenters. The van der Waals surface area contributed by atoms with Crippen molar-refractivity contribution >= 4 is 11.6 Å². The number of benzene rings is 2. The molecule has 2 aromatic heterocycles.